The van der Waals surface area contributed by atoms with Crippen LogP contribution in [0.1, 0.15) is 13.3 Å². The number of carbonyl (C=O) groups excluding carboxylic acids is 2. The van der Waals surface area contributed by atoms with Crippen LogP contribution in [-0.4, -0.2) is 53.2 Å². The summed E-state index contributed by atoms with van der Waals surface area (Å²) in [5.41, 5.74) is 4.93. The van der Waals surface area contributed by atoms with Crippen LogP contribution in [0.3, 0.4) is 0 Å². The molecule has 0 saturated carbocycles. The summed E-state index contributed by atoms with van der Waals surface area (Å²) in [5.74, 6) is 1.95. The van der Waals surface area contributed by atoms with Gasteiger partial charge in [0.2, 0.25) is 5.91 Å². The minimum absolute atomic E-state index is 0.0707. The molecule has 3 N–H and O–H groups in total. The number of rotatable bonds is 7. The second-order valence-corrected chi connectivity index (χ2v) is 9.67. The van der Waals surface area contributed by atoms with E-state index in [1.807, 2.05) is 30.3 Å². The van der Waals surface area contributed by atoms with E-state index in [1.165, 1.54) is 0 Å². The van der Waals surface area contributed by atoms with Crippen LogP contribution in [0.4, 0.5) is 27.7 Å². The van der Waals surface area contributed by atoms with Gasteiger partial charge in [-0.15, -0.1) is 0 Å². The zero-order valence-electron chi connectivity index (χ0n) is 23.0. The Hall–Kier alpha value is -5.29. The van der Waals surface area contributed by atoms with Crippen molar-refractivity contribution in [3.05, 3.63) is 79.2 Å². The van der Waals surface area contributed by atoms with E-state index in [2.05, 4.69) is 20.9 Å². The molecular weight excluding hydrogens is 534 g/mol. The number of nitrogens with one attached hydrogen (secondary N) is 3. The van der Waals surface area contributed by atoms with E-state index < -0.39 is 0 Å². The molecule has 1 aliphatic heterocycles. The number of nitrogens with zero attached hydrogens (tertiary/aromatic N) is 4. The SMILES string of the molecule is CCC(=O)Nc1ccc(NC(=O)Nc2ccc(-c3nc(N4CCOCC4)c4ncc(-c5ccco5)cc4n3)cc2)cc1. The first-order chi connectivity index (χ1) is 20.6. The van der Waals surface area contributed by atoms with Crippen molar-refractivity contribution < 1.29 is 18.7 Å². The fourth-order valence-electron chi connectivity index (χ4n) is 4.59. The van der Waals surface area contributed by atoms with Gasteiger partial charge in [-0.3, -0.25) is 4.79 Å². The van der Waals surface area contributed by atoms with Gasteiger partial charge in [-0.05, 0) is 66.7 Å². The summed E-state index contributed by atoms with van der Waals surface area (Å²) >= 11 is 0. The van der Waals surface area contributed by atoms with E-state index in [0.29, 0.717) is 72.4 Å². The molecule has 0 radical (unpaired) electrons. The molecule has 5 aromatic rings. The third kappa shape index (κ3) is 6.06. The number of ether oxygens (including phenoxy) is 1. The van der Waals surface area contributed by atoms with Gasteiger partial charge in [0.05, 0.1) is 25.0 Å². The summed E-state index contributed by atoms with van der Waals surface area (Å²) in [6.07, 6.45) is 3.80. The van der Waals surface area contributed by atoms with Crippen LogP contribution in [0.5, 0.6) is 0 Å². The van der Waals surface area contributed by atoms with Crippen LogP contribution in [0, 0.1) is 0 Å². The smallest absolute Gasteiger partial charge is 0.323 e. The number of fused-ring (bicyclic) bond motifs is 1. The van der Waals surface area contributed by atoms with Crippen molar-refractivity contribution in [3.8, 4) is 22.7 Å². The quantitative estimate of drug-likeness (QED) is 0.227. The Bertz CT molecular complexity index is 1700. The summed E-state index contributed by atoms with van der Waals surface area (Å²) in [5, 5.41) is 8.41. The van der Waals surface area contributed by atoms with Crippen molar-refractivity contribution in [1.82, 2.24) is 15.0 Å². The van der Waals surface area contributed by atoms with E-state index in [4.69, 9.17) is 24.1 Å². The molecule has 4 heterocycles. The number of benzene rings is 2. The van der Waals surface area contributed by atoms with Crippen LogP contribution in [0.25, 0.3) is 33.7 Å². The van der Waals surface area contributed by atoms with Crippen molar-refractivity contribution in [1.29, 1.82) is 0 Å². The predicted molar refractivity (Wildman–Crippen MR) is 162 cm³/mol. The molecule has 42 heavy (non-hydrogen) atoms. The number of urea groups is 1. The van der Waals surface area contributed by atoms with E-state index >= 15 is 0 Å². The van der Waals surface area contributed by atoms with E-state index in [-0.39, 0.29) is 11.9 Å². The third-order valence-electron chi connectivity index (χ3n) is 6.78. The second-order valence-electron chi connectivity index (χ2n) is 9.67. The molecule has 3 amide bonds. The number of morpholine rings is 1. The predicted octanol–water partition coefficient (Wildman–Crippen LogP) is 5.78. The lowest BCUT2D eigenvalue weighted by Crippen LogP contribution is -2.37. The minimum atomic E-state index is -0.388. The maximum Gasteiger partial charge on any atom is 0.323 e. The molecule has 1 fully saturated rings. The maximum absolute atomic E-state index is 12.6. The molecular formula is C31H29N7O4. The zero-order chi connectivity index (χ0) is 28.9. The maximum atomic E-state index is 12.6. The molecule has 0 unspecified atom stereocenters. The number of amides is 3. The number of aromatic nitrogens is 3. The van der Waals surface area contributed by atoms with Crippen molar-refractivity contribution in [2.45, 2.75) is 13.3 Å². The van der Waals surface area contributed by atoms with Crippen LogP contribution < -0.4 is 20.9 Å². The molecule has 1 saturated heterocycles. The topological polar surface area (TPSA) is 135 Å². The van der Waals surface area contributed by atoms with Gasteiger partial charge < -0.3 is 30.0 Å². The molecule has 0 spiro atoms. The lowest BCUT2D eigenvalue weighted by Gasteiger charge is -2.28. The first-order valence-electron chi connectivity index (χ1n) is 13.7. The Kier molecular flexibility index (Phi) is 7.73. The van der Waals surface area contributed by atoms with Gasteiger partial charge >= 0.3 is 6.03 Å². The second kappa shape index (κ2) is 12.1. The van der Waals surface area contributed by atoms with Gasteiger partial charge in [-0.25, -0.2) is 19.7 Å². The number of anilines is 4. The average molecular weight is 564 g/mol. The highest BCUT2D eigenvalue weighted by Crippen LogP contribution is 2.30. The molecule has 0 bridgehead atoms. The van der Waals surface area contributed by atoms with Gasteiger partial charge in [-0.1, -0.05) is 6.92 Å². The molecule has 3 aromatic heterocycles. The largest absolute Gasteiger partial charge is 0.464 e. The molecule has 6 rings (SSSR count). The highest BCUT2D eigenvalue weighted by atomic mass is 16.5. The van der Waals surface area contributed by atoms with Gasteiger partial charge in [-0.2, -0.15) is 0 Å². The van der Waals surface area contributed by atoms with Gasteiger partial charge in [0, 0.05) is 53.9 Å². The summed E-state index contributed by atoms with van der Waals surface area (Å²) in [6, 6.07) is 19.6. The summed E-state index contributed by atoms with van der Waals surface area (Å²) < 4.78 is 11.1. The zero-order valence-corrected chi connectivity index (χ0v) is 23.0. The van der Waals surface area contributed by atoms with Crippen LogP contribution in [0.15, 0.2) is 83.6 Å². The van der Waals surface area contributed by atoms with Crippen molar-refractivity contribution in [2.75, 3.05) is 47.2 Å². The Morgan fingerprint density at radius 1 is 0.857 bits per heavy atom. The first-order valence-corrected chi connectivity index (χ1v) is 13.7. The van der Waals surface area contributed by atoms with E-state index in [9.17, 15) is 9.59 Å². The molecule has 0 aliphatic carbocycles. The number of hydrogen-bond acceptors (Lipinski definition) is 8. The number of hydrogen-bond donors (Lipinski definition) is 3. The number of furan rings is 1. The Labute approximate surface area is 241 Å². The molecule has 11 heteroatoms. The Morgan fingerprint density at radius 3 is 2.17 bits per heavy atom. The van der Waals surface area contributed by atoms with Crippen molar-refractivity contribution in [2.24, 2.45) is 0 Å². The monoisotopic (exact) mass is 563 g/mol. The minimum Gasteiger partial charge on any atom is -0.464 e. The number of pyridine rings is 1. The third-order valence-corrected chi connectivity index (χ3v) is 6.78. The van der Waals surface area contributed by atoms with Gasteiger partial charge in [0.1, 0.15) is 11.3 Å². The van der Waals surface area contributed by atoms with E-state index in [1.54, 1.807) is 55.8 Å². The van der Waals surface area contributed by atoms with Crippen LogP contribution in [0.2, 0.25) is 0 Å². The molecule has 1 aliphatic rings. The molecule has 212 valence electrons. The molecule has 0 atom stereocenters. The molecule has 11 nitrogen and oxygen atoms in total. The van der Waals surface area contributed by atoms with Gasteiger partial charge in [0.25, 0.3) is 0 Å². The highest BCUT2D eigenvalue weighted by molar-refractivity contribution is 6.00. The normalized spacial score (nSPS) is 13.1. The summed E-state index contributed by atoms with van der Waals surface area (Å²) in [6.45, 7) is 4.44. The lowest BCUT2D eigenvalue weighted by atomic mass is 10.1. The first kappa shape index (κ1) is 26.9. The summed E-state index contributed by atoms with van der Waals surface area (Å²) in [4.78, 5) is 40.8. The average Bonchev–Trinajstić information content (AvgIpc) is 3.57. The fraction of sp³-hybridized carbons (Fsp3) is 0.194. The Morgan fingerprint density at radius 2 is 1.52 bits per heavy atom. The van der Waals surface area contributed by atoms with Crippen LogP contribution >= 0.6 is 0 Å². The van der Waals surface area contributed by atoms with Crippen molar-refractivity contribution in [3.63, 3.8) is 0 Å². The number of carbonyl (C=O) groups is 2. The van der Waals surface area contributed by atoms with E-state index in [0.717, 1.165) is 16.9 Å². The summed E-state index contributed by atoms with van der Waals surface area (Å²) in [7, 11) is 0. The highest BCUT2D eigenvalue weighted by Gasteiger charge is 2.20. The van der Waals surface area contributed by atoms with Crippen LogP contribution in [-0.2, 0) is 9.53 Å². The fourth-order valence-corrected chi connectivity index (χ4v) is 4.59. The standard InChI is InChI=1S/C31H29N7O4/c1-2-27(39)33-22-9-11-24(12-10-22)35-31(40)34-23-7-5-20(6-8-23)29-36-25-18-21(26-4-3-15-42-26)19-32-28(25)30(37-29)38-13-16-41-17-14-38/h3-12,15,18-19H,2,13-14,16-17H2,1H3,(H,33,39)(H2,34,35,40). The Balaban J connectivity index is 1.21. The molecule has 2 aromatic carbocycles. The van der Waals surface area contributed by atoms with Crippen molar-refractivity contribution >= 4 is 45.9 Å². The lowest BCUT2D eigenvalue weighted by molar-refractivity contribution is -0.115. The van der Waals surface area contributed by atoms with Gasteiger partial charge in [0.15, 0.2) is 11.6 Å².